The molecule has 0 saturated heterocycles. The summed E-state index contributed by atoms with van der Waals surface area (Å²) < 4.78 is 0. The van der Waals surface area contributed by atoms with E-state index in [0.29, 0.717) is 32.3 Å². The van der Waals surface area contributed by atoms with Crippen molar-refractivity contribution in [2.75, 3.05) is 0 Å². The average molecular weight is 562 g/mol. The third-order valence-corrected chi connectivity index (χ3v) is 6.25. The second-order valence-electron chi connectivity index (χ2n) is 7.60. The minimum atomic E-state index is -1.28. The number of benzene rings is 4. The highest BCUT2D eigenvalue weighted by Gasteiger charge is 2.22. The molecule has 0 spiro atoms. The molecule has 0 saturated carbocycles. The number of halogens is 4. The van der Waals surface area contributed by atoms with E-state index in [-0.39, 0.29) is 21.6 Å². The summed E-state index contributed by atoms with van der Waals surface area (Å²) in [6.45, 7) is 0. The molecule has 4 aromatic rings. The number of hydrogen-bond acceptors (Lipinski definition) is 4. The predicted molar refractivity (Wildman–Crippen MR) is 144 cm³/mol. The molecule has 0 heterocycles. The molecule has 2 atom stereocenters. The Morgan fingerprint density at radius 3 is 1.17 bits per heavy atom. The molecule has 184 valence electrons. The Labute approximate surface area is 228 Å². The minimum Gasteiger partial charge on any atom is -0.380 e. The van der Waals surface area contributed by atoms with Crippen LogP contribution in [0.2, 0.25) is 20.1 Å². The van der Waals surface area contributed by atoms with Gasteiger partial charge in [0.25, 0.3) is 0 Å². The topological polar surface area (TPSA) is 74.6 Å². The Morgan fingerprint density at radius 2 is 0.861 bits per heavy atom. The summed E-state index contributed by atoms with van der Waals surface area (Å²) >= 11 is 23.5. The second-order valence-corrected chi connectivity index (χ2v) is 9.28. The van der Waals surface area contributed by atoms with Gasteiger partial charge in [-0.15, -0.1) is 0 Å². The van der Waals surface area contributed by atoms with E-state index < -0.39 is 12.2 Å². The van der Waals surface area contributed by atoms with Crippen LogP contribution in [0.1, 0.15) is 44.1 Å². The first kappa shape index (κ1) is 27.9. The van der Waals surface area contributed by atoms with Gasteiger partial charge in [-0.3, -0.25) is 9.59 Å². The molecule has 4 aromatic carbocycles. The first-order valence-corrected chi connectivity index (χ1v) is 12.1. The Bertz CT molecular complexity index is 1240. The Balaban J connectivity index is 0.000000201. The van der Waals surface area contributed by atoms with Crippen molar-refractivity contribution in [3.63, 3.8) is 0 Å². The van der Waals surface area contributed by atoms with Gasteiger partial charge >= 0.3 is 0 Å². The van der Waals surface area contributed by atoms with Crippen LogP contribution in [0.15, 0.2) is 97.1 Å². The molecule has 0 aliphatic rings. The highest BCUT2D eigenvalue weighted by atomic mass is 35.5. The Hall–Kier alpha value is -2.70. The molecular formula is C28H20Cl4O4. The van der Waals surface area contributed by atoms with Crippen LogP contribution in [0.5, 0.6) is 0 Å². The maximum absolute atomic E-state index is 12.0. The Morgan fingerprint density at radius 1 is 0.528 bits per heavy atom. The van der Waals surface area contributed by atoms with Crippen molar-refractivity contribution in [1.82, 2.24) is 0 Å². The lowest BCUT2D eigenvalue weighted by Crippen LogP contribution is -2.12. The van der Waals surface area contributed by atoms with E-state index in [4.69, 9.17) is 46.4 Å². The fourth-order valence-corrected chi connectivity index (χ4v) is 4.27. The van der Waals surface area contributed by atoms with Crippen LogP contribution < -0.4 is 0 Å². The number of carbonyl (C=O) groups is 2. The zero-order valence-corrected chi connectivity index (χ0v) is 21.6. The number of aliphatic hydroxyl groups is 2. The summed E-state index contributed by atoms with van der Waals surface area (Å²) in [6, 6.07) is 26.4. The molecule has 2 N–H and O–H groups in total. The van der Waals surface area contributed by atoms with E-state index in [1.165, 1.54) is 12.1 Å². The highest BCUT2D eigenvalue weighted by Crippen LogP contribution is 2.29. The van der Waals surface area contributed by atoms with Gasteiger partial charge in [0.05, 0.1) is 0 Å². The van der Waals surface area contributed by atoms with Gasteiger partial charge in [0.2, 0.25) is 0 Å². The van der Waals surface area contributed by atoms with Crippen molar-refractivity contribution >= 4 is 58.0 Å². The van der Waals surface area contributed by atoms with Crippen molar-refractivity contribution in [2.24, 2.45) is 0 Å². The molecule has 8 heteroatoms. The monoisotopic (exact) mass is 560 g/mol. The molecule has 0 radical (unpaired) electrons. The summed E-state index contributed by atoms with van der Waals surface area (Å²) in [6.07, 6.45) is -2.56. The van der Waals surface area contributed by atoms with E-state index >= 15 is 0 Å². The number of carbonyl (C=O) groups excluding carboxylic acids is 2. The van der Waals surface area contributed by atoms with Crippen molar-refractivity contribution < 1.29 is 19.8 Å². The van der Waals surface area contributed by atoms with Crippen LogP contribution in [-0.2, 0) is 0 Å². The van der Waals surface area contributed by atoms with Gasteiger partial charge in [0.1, 0.15) is 12.2 Å². The van der Waals surface area contributed by atoms with Crippen LogP contribution in [-0.4, -0.2) is 21.8 Å². The zero-order valence-electron chi connectivity index (χ0n) is 18.6. The molecular weight excluding hydrogens is 542 g/mol. The van der Waals surface area contributed by atoms with E-state index in [1.54, 1.807) is 84.9 Å². The lowest BCUT2D eigenvalue weighted by molar-refractivity contribution is 0.0743. The normalized spacial score (nSPS) is 12.2. The standard InChI is InChI=1S/2C14H10Cl2O2/c2*15-10-6-7-11(12(16)8-10)14(18)13(17)9-4-2-1-3-5-9/h2*1-8,14,18H. The quantitative estimate of drug-likeness (QED) is 0.235. The SMILES string of the molecule is O=C(c1ccccc1)C(O)c1ccc(Cl)cc1Cl.O=C(c1ccccc1)C(O)c1ccc(Cl)cc1Cl. The predicted octanol–water partition coefficient (Wildman–Crippen LogP) is 7.82. The number of Topliss-reactive ketones (excluding diaryl/α,β-unsaturated/α-hetero) is 2. The number of hydrogen-bond donors (Lipinski definition) is 2. The van der Waals surface area contributed by atoms with Crippen molar-refractivity contribution in [1.29, 1.82) is 0 Å². The van der Waals surface area contributed by atoms with Gasteiger partial charge in [-0.2, -0.15) is 0 Å². The van der Waals surface area contributed by atoms with Gasteiger partial charge in [-0.25, -0.2) is 0 Å². The fourth-order valence-electron chi connectivity index (χ4n) is 3.25. The van der Waals surface area contributed by atoms with Crippen LogP contribution in [0.4, 0.5) is 0 Å². The number of ketones is 2. The largest absolute Gasteiger partial charge is 0.380 e. The number of rotatable bonds is 6. The van der Waals surface area contributed by atoms with Gasteiger partial charge in [0, 0.05) is 42.3 Å². The molecule has 36 heavy (non-hydrogen) atoms. The van der Waals surface area contributed by atoms with Crippen LogP contribution >= 0.6 is 46.4 Å². The lowest BCUT2D eigenvalue weighted by Gasteiger charge is -2.12. The van der Waals surface area contributed by atoms with E-state index in [2.05, 4.69) is 0 Å². The van der Waals surface area contributed by atoms with Gasteiger partial charge in [-0.05, 0) is 24.3 Å². The van der Waals surface area contributed by atoms with Crippen LogP contribution in [0.3, 0.4) is 0 Å². The average Bonchev–Trinajstić information content (AvgIpc) is 2.88. The second kappa shape index (κ2) is 13.0. The van der Waals surface area contributed by atoms with E-state index in [0.717, 1.165) is 0 Å². The minimum absolute atomic E-state index is 0.277. The van der Waals surface area contributed by atoms with Crippen molar-refractivity contribution in [2.45, 2.75) is 12.2 Å². The molecule has 4 nitrogen and oxygen atoms in total. The molecule has 0 aromatic heterocycles. The first-order valence-electron chi connectivity index (χ1n) is 10.6. The maximum Gasteiger partial charge on any atom is 0.195 e. The van der Waals surface area contributed by atoms with Crippen molar-refractivity contribution in [3.8, 4) is 0 Å². The van der Waals surface area contributed by atoms with Gasteiger partial charge < -0.3 is 10.2 Å². The molecule has 4 rings (SSSR count). The lowest BCUT2D eigenvalue weighted by atomic mass is 10.00. The summed E-state index contributed by atoms with van der Waals surface area (Å²) in [5, 5.41) is 21.6. The van der Waals surface area contributed by atoms with Crippen molar-refractivity contribution in [3.05, 3.63) is 139 Å². The zero-order chi connectivity index (χ0) is 26.2. The molecule has 0 fully saturated rings. The summed E-state index contributed by atoms with van der Waals surface area (Å²) in [4.78, 5) is 24.1. The molecule has 0 aliphatic heterocycles. The smallest absolute Gasteiger partial charge is 0.195 e. The third-order valence-electron chi connectivity index (χ3n) is 5.13. The number of aliphatic hydroxyl groups excluding tert-OH is 2. The maximum atomic E-state index is 12.0. The molecule has 0 amide bonds. The van der Waals surface area contributed by atoms with E-state index in [9.17, 15) is 19.8 Å². The fraction of sp³-hybridized carbons (Fsp3) is 0.0714. The summed E-state index contributed by atoms with van der Waals surface area (Å²) in [7, 11) is 0. The first-order chi connectivity index (χ1) is 17.2. The van der Waals surface area contributed by atoms with Gasteiger partial charge in [-0.1, -0.05) is 119 Å². The molecule has 2 unspecified atom stereocenters. The third kappa shape index (κ3) is 7.17. The summed E-state index contributed by atoms with van der Waals surface area (Å²) in [5.41, 5.74) is 1.59. The van der Waals surface area contributed by atoms with Crippen LogP contribution in [0.25, 0.3) is 0 Å². The molecule has 0 aliphatic carbocycles. The molecule has 0 bridgehead atoms. The Kier molecular flexibility index (Phi) is 10.1. The van der Waals surface area contributed by atoms with Crippen LogP contribution in [0, 0.1) is 0 Å². The van der Waals surface area contributed by atoms with Gasteiger partial charge in [0.15, 0.2) is 11.6 Å². The highest BCUT2D eigenvalue weighted by molar-refractivity contribution is 6.35. The van der Waals surface area contributed by atoms with E-state index in [1.807, 2.05) is 0 Å². The summed E-state index contributed by atoms with van der Waals surface area (Å²) in [5.74, 6) is -0.778.